The molecule has 3 saturated carbocycles. The predicted octanol–water partition coefficient (Wildman–Crippen LogP) is 2.06. The van der Waals surface area contributed by atoms with Crippen LogP contribution in [0.4, 0.5) is 4.39 Å². The highest BCUT2D eigenvalue weighted by Gasteiger charge is 2.76. The van der Waals surface area contributed by atoms with Gasteiger partial charge in [-0.1, -0.05) is 39.3 Å². The Morgan fingerprint density at radius 2 is 1.84 bits per heavy atom. The minimum absolute atomic E-state index is 0.214. The molecule has 0 radical (unpaired) electrons. The summed E-state index contributed by atoms with van der Waals surface area (Å²) in [6.45, 7) is 9.03. The van der Waals surface area contributed by atoms with E-state index in [0.29, 0.717) is 18.4 Å². The number of aliphatic hydroxyl groups excluding tert-OH is 2. The van der Waals surface area contributed by atoms with Crippen molar-refractivity contribution in [3.05, 3.63) is 23.8 Å². The lowest BCUT2D eigenvalue weighted by molar-refractivity contribution is -0.222. The number of hydrogen-bond acceptors (Lipinski definition) is 7. The summed E-state index contributed by atoms with van der Waals surface area (Å²) in [6, 6.07) is -1.54. The van der Waals surface area contributed by atoms with Crippen LogP contribution in [0.5, 0.6) is 0 Å². The van der Waals surface area contributed by atoms with Crippen LogP contribution in [-0.4, -0.2) is 85.5 Å². The molecule has 0 aromatic heterocycles. The summed E-state index contributed by atoms with van der Waals surface area (Å²) in [4.78, 5) is 39.4. The van der Waals surface area contributed by atoms with Crippen molar-refractivity contribution < 1.29 is 39.2 Å². The molecule has 37 heavy (non-hydrogen) atoms. The fourth-order valence-corrected chi connectivity index (χ4v) is 8.55. The minimum Gasteiger partial charge on any atom is -0.480 e. The van der Waals surface area contributed by atoms with Crippen LogP contribution in [0.1, 0.15) is 60.3 Å². The standard InChI is InChI=1S/C28H40FNO7/c1-6-30(7-2)21(24(35)36)22(33)23(34)28(37)15(3)12-19-18-9-8-16-13-17(31)10-11-25(16,4)27(18,29)20(32)14-26(19,28)5/h10-11,13,15,18-22,32-33,37H,6-9,12,14H2,1-5H3,(H,35,36)/t15-,18?,19?,20+,21?,22?,25+,26+,27+,28+/m1/s1. The largest absolute Gasteiger partial charge is 0.480 e. The third-order valence-electron chi connectivity index (χ3n) is 10.6. The SMILES string of the molecule is CCN(CC)C(C(=O)O)C(O)C(=O)[C@@]1(O)[C@H](C)CC2C3CCC4=CC(=O)C=C[C@]4(C)[C@@]3(F)[C@@H](O)C[C@@]21C. The van der Waals surface area contributed by atoms with Gasteiger partial charge in [0.05, 0.1) is 6.10 Å². The first-order chi connectivity index (χ1) is 17.1. The first-order valence-electron chi connectivity index (χ1n) is 13.4. The number of fused-ring (bicyclic) bond motifs is 5. The highest BCUT2D eigenvalue weighted by Crippen LogP contribution is 2.70. The third kappa shape index (κ3) is 3.50. The van der Waals surface area contributed by atoms with Gasteiger partial charge in [-0.3, -0.25) is 19.3 Å². The van der Waals surface area contributed by atoms with E-state index in [2.05, 4.69) is 0 Å². The number of likely N-dealkylation sites (N-methyl/N-ethyl adjacent to an activating group) is 1. The number of allylic oxidation sites excluding steroid dienone is 4. The van der Waals surface area contributed by atoms with Gasteiger partial charge >= 0.3 is 5.97 Å². The number of aliphatic hydroxyl groups is 3. The van der Waals surface area contributed by atoms with Gasteiger partial charge < -0.3 is 20.4 Å². The second-order valence-electron chi connectivity index (χ2n) is 12.0. The van der Waals surface area contributed by atoms with E-state index in [0.717, 1.165) is 0 Å². The second-order valence-corrected chi connectivity index (χ2v) is 12.0. The number of hydrogen-bond donors (Lipinski definition) is 4. The van der Waals surface area contributed by atoms with Crippen molar-refractivity contribution in [2.75, 3.05) is 13.1 Å². The van der Waals surface area contributed by atoms with E-state index in [-0.39, 0.29) is 31.7 Å². The summed E-state index contributed by atoms with van der Waals surface area (Å²) in [7, 11) is 0. The Bertz CT molecular complexity index is 1060. The fourth-order valence-electron chi connectivity index (χ4n) is 8.55. The Labute approximate surface area is 217 Å². The number of carboxylic acids is 1. The number of rotatable bonds is 7. The molecule has 0 aliphatic heterocycles. The van der Waals surface area contributed by atoms with Gasteiger partial charge in [-0.05, 0) is 69.7 Å². The number of nitrogens with zero attached hydrogens (tertiary/aromatic N) is 1. The molecule has 0 aromatic carbocycles. The fraction of sp³-hybridized carbons (Fsp3) is 0.750. The molecule has 9 heteroatoms. The maximum Gasteiger partial charge on any atom is 0.324 e. The van der Waals surface area contributed by atoms with Crippen molar-refractivity contribution in [1.82, 2.24) is 4.90 Å². The number of Topliss-reactive ketones (excluding diaryl/α,β-unsaturated/α-hetero) is 1. The molecule has 4 aliphatic carbocycles. The van der Waals surface area contributed by atoms with Gasteiger partial charge in [0.1, 0.15) is 17.7 Å². The molecule has 0 bridgehead atoms. The second kappa shape index (κ2) is 9.07. The molecule has 4 rings (SSSR count). The normalized spacial score (nSPS) is 44.5. The molecule has 0 saturated heterocycles. The Morgan fingerprint density at radius 3 is 2.41 bits per heavy atom. The van der Waals surface area contributed by atoms with Crippen LogP contribution in [0, 0.1) is 28.6 Å². The van der Waals surface area contributed by atoms with Gasteiger partial charge in [0.2, 0.25) is 0 Å². The first kappa shape index (κ1) is 28.1. The van der Waals surface area contributed by atoms with E-state index in [1.54, 1.807) is 40.7 Å². The zero-order valence-corrected chi connectivity index (χ0v) is 22.3. The Kier molecular flexibility index (Phi) is 6.88. The summed E-state index contributed by atoms with van der Waals surface area (Å²) < 4.78 is 17.3. The molecule has 8 nitrogen and oxygen atoms in total. The molecule has 0 spiro atoms. The highest BCUT2D eigenvalue weighted by molar-refractivity contribution is 6.01. The Balaban J connectivity index is 1.76. The van der Waals surface area contributed by atoms with Crippen LogP contribution in [0.2, 0.25) is 0 Å². The molecule has 206 valence electrons. The maximum atomic E-state index is 17.3. The van der Waals surface area contributed by atoms with E-state index in [1.165, 1.54) is 17.1 Å². The first-order valence-corrected chi connectivity index (χ1v) is 13.4. The summed E-state index contributed by atoms with van der Waals surface area (Å²) in [5, 5.41) is 44.5. The molecule has 0 amide bonds. The summed E-state index contributed by atoms with van der Waals surface area (Å²) in [5.74, 6) is -4.48. The van der Waals surface area contributed by atoms with Gasteiger partial charge in [0.25, 0.3) is 0 Å². The van der Waals surface area contributed by atoms with Gasteiger partial charge in [-0.2, -0.15) is 0 Å². The van der Waals surface area contributed by atoms with E-state index < -0.39 is 69.9 Å². The van der Waals surface area contributed by atoms with Crippen LogP contribution >= 0.6 is 0 Å². The highest BCUT2D eigenvalue weighted by atomic mass is 19.1. The summed E-state index contributed by atoms with van der Waals surface area (Å²) in [6.07, 6.45) is 1.62. The molecule has 3 fully saturated rings. The lowest BCUT2D eigenvalue weighted by atomic mass is 9.44. The number of carbonyl (C=O) groups excluding carboxylic acids is 2. The average Bonchev–Trinajstić information content (AvgIpc) is 3.04. The van der Waals surface area contributed by atoms with E-state index in [4.69, 9.17) is 0 Å². The van der Waals surface area contributed by atoms with Crippen LogP contribution < -0.4 is 0 Å². The average molecular weight is 522 g/mol. The molecular weight excluding hydrogens is 481 g/mol. The van der Waals surface area contributed by atoms with Gasteiger partial charge in [-0.15, -0.1) is 0 Å². The lowest BCUT2D eigenvalue weighted by Crippen LogP contribution is -2.70. The van der Waals surface area contributed by atoms with E-state index in [9.17, 15) is 34.8 Å². The van der Waals surface area contributed by atoms with Crippen molar-refractivity contribution in [1.29, 1.82) is 0 Å². The van der Waals surface area contributed by atoms with Crippen molar-refractivity contribution in [3.8, 4) is 0 Å². The number of aliphatic carboxylic acids is 1. The quantitative estimate of drug-likeness (QED) is 0.400. The molecule has 10 atom stereocenters. The maximum absolute atomic E-state index is 17.3. The van der Waals surface area contributed by atoms with Crippen molar-refractivity contribution in [2.24, 2.45) is 28.6 Å². The minimum atomic E-state index is -2.16. The number of alkyl halides is 1. The molecular formula is C28H40FNO7. The summed E-state index contributed by atoms with van der Waals surface area (Å²) >= 11 is 0. The third-order valence-corrected chi connectivity index (χ3v) is 10.6. The van der Waals surface area contributed by atoms with Crippen LogP contribution in [0.15, 0.2) is 23.8 Å². The monoisotopic (exact) mass is 521 g/mol. The molecule has 0 heterocycles. The molecule has 4 aliphatic rings. The van der Waals surface area contributed by atoms with Crippen molar-refractivity contribution >= 4 is 17.5 Å². The summed E-state index contributed by atoms with van der Waals surface area (Å²) in [5.41, 5.74) is -6.12. The van der Waals surface area contributed by atoms with Gasteiger partial charge in [0.15, 0.2) is 17.2 Å². The lowest BCUT2D eigenvalue weighted by Gasteiger charge is -2.62. The number of carbonyl (C=O) groups is 3. The number of halogens is 1. The Morgan fingerprint density at radius 1 is 1.22 bits per heavy atom. The van der Waals surface area contributed by atoms with E-state index >= 15 is 4.39 Å². The van der Waals surface area contributed by atoms with Gasteiger partial charge in [0, 0.05) is 16.7 Å². The molecule has 4 N–H and O–H groups in total. The molecule has 4 unspecified atom stereocenters. The number of carboxylic acid groups (broad SMARTS) is 1. The predicted molar refractivity (Wildman–Crippen MR) is 133 cm³/mol. The number of ketones is 2. The Hall–Kier alpha value is -1.94. The topological polar surface area (TPSA) is 135 Å². The smallest absolute Gasteiger partial charge is 0.324 e. The van der Waals surface area contributed by atoms with Crippen molar-refractivity contribution in [3.63, 3.8) is 0 Å². The van der Waals surface area contributed by atoms with Crippen LogP contribution in [0.3, 0.4) is 0 Å². The zero-order valence-electron chi connectivity index (χ0n) is 22.3. The van der Waals surface area contributed by atoms with Crippen LogP contribution in [-0.2, 0) is 14.4 Å². The van der Waals surface area contributed by atoms with Gasteiger partial charge in [-0.25, -0.2) is 4.39 Å². The molecule has 0 aromatic rings. The zero-order chi connectivity index (χ0) is 27.7. The van der Waals surface area contributed by atoms with E-state index in [1.807, 2.05) is 0 Å². The van der Waals surface area contributed by atoms with Crippen molar-refractivity contribution in [2.45, 2.75) is 89.8 Å². The van der Waals surface area contributed by atoms with Crippen LogP contribution in [0.25, 0.3) is 0 Å².